The molecular weight excluding hydrogens is 765 g/mol. The number of hydrogen-bond donors (Lipinski definition) is 1. The van der Waals surface area contributed by atoms with Crippen LogP contribution in [0.15, 0.2) is 231 Å². The van der Waals surface area contributed by atoms with Gasteiger partial charge in [0.05, 0.1) is 22.4 Å². The summed E-state index contributed by atoms with van der Waals surface area (Å²) in [4.78, 5) is 10.2. The molecule has 0 spiro atoms. The van der Waals surface area contributed by atoms with Crippen molar-refractivity contribution in [3.63, 3.8) is 0 Å². The molecule has 0 bridgehead atoms. The Hall–Kier alpha value is -8.34. The van der Waals surface area contributed by atoms with Crippen molar-refractivity contribution in [2.24, 2.45) is 0 Å². The van der Waals surface area contributed by atoms with E-state index in [0.29, 0.717) is 5.82 Å². The van der Waals surface area contributed by atoms with Crippen LogP contribution in [0.4, 0.5) is 5.69 Å². The molecule has 0 atom stereocenters. The maximum absolute atomic E-state index is 5.10. The lowest BCUT2D eigenvalue weighted by atomic mass is 9.97. The summed E-state index contributed by atoms with van der Waals surface area (Å²) in [6.45, 7) is 0. The summed E-state index contributed by atoms with van der Waals surface area (Å²) >= 11 is 0. The minimum Gasteiger partial charge on any atom is -0.388 e. The highest BCUT2D eigenvalue weighted by Crippen LogP contribution is 2.38. The second kappa shape index (κ2) is 16.3. The van der Waals surface area contributed by atoms with Crippen LogP contribution in [-0.2, 0) is 0 Å². The topological polar surface area (TPSA) is 42.7 Å². The minimum atomic E-state index is 0.697. The summed E-state index contributed by atoms with van der Waals surface area (Å²) in [5.74, 6) is 0.697. The van der Waals surface area contributed by atoms with Gasteiger partial charge >= 0.3 is 0 Å². The zero-order valence-corrected chi connectivity index (χ0v) is 34.8. The first-order chi connectivity index (χ1) is 31.2. The van der Waals surface area contributed by atoms with Crippen molar-refractivity contribution in [1.29, 1.82) is 0 Å². The standard InChI is InChI=1S/C59H42N4/c1-60-54-30-10-8-28-51(54)48-25-13-22-44(35-48)47-32-33-58-53(38-47)52-29-9-11-31-57(52)63(58)50-27-15-24-46(37-50)43-21-12-20-42(34-43)45-23-14-26-49(36-45)59-61-55(40-16-4-2-5-17-40)39-56(62-59)41-18-6-3-7-19-41/h2-39,60H,1H3. The van der Waals surface area contributed by atoms with Crippen LogP contribution in [0, 0.1) is 0 Å². The number of rotatable bonds is 9. The summed E-state index contributed by atoms with van der Waals surface area (Å²) < 4.78 is 2.40. The molecule has 0 aliphatic carbocycles. The third-order valence-electron chi connectivity index (χ3n) is 12.0. The van der Waals surface area contributed by atoms with E-state index in [4.69, 9.17) is 9.97 Å². The second-order valence-electron chi connectivity index (χ2n) is 15.9. The van der Waals surface area contributed by atoms with E-state index < -0.39 is 0 Å². The predicted molar refractivity (Wildman–Crippen MR) is 264 cm³/mol. The Morgan fingerprint density at radius 3 is 1.48 bits per heavy atom. The molecule has 1 N–H and O–H groups in total. The van der Waals surface area contributed by atoms with Crippen LogP contribution < -0.4 is 5.32 Å². The first-order valence-electron chi connectivity index (χ1n) is 21.4. The van der Waals surface area contributed by atoms with E-state index in [1.165, 1.54) is 44.1 Å². The second-order valence-corrected chi connectivity index (χ2v) is 15.9. The van der Waals surface area contributed by atoms with Crippen LogP contribution in [0.1, 0.15) is 0 Å². The molecule has 298 valence electrons. The Bertz CT molecular complexity index is 3380. The van der Waals surface area contributed by atoms with Gasteiger partial charge in [-0.15, -0.1) is 0 Å². The summed E-state index contributed by atoms with van der Waals surface area (Å²) in [5.41, 5.74) is 18.8. The third kappa shape index (κ3) is 7.24. The lowest BCUT2D eigenvalue weighted by Crippen LogP contribution is -1.96. The maximum atomic E-state index is 5.10. The van der Waals surface area contributed by atoms with Crippen LogP contribution >= 0.6 is 0 Å². The third-order valence-corrected chi connectivity index (χ3v) is 12.0. The average molecular weight is 807 g/mol. The van der Waals surface area contributed by atoms with E-state index in [0.717, 1.165) is 61.7 Å². The van der Waals surface area contributed by atoms with Crippen molar-refractivity contribution in [2.75, 3.05) is 12.4 Å². The largest absolute Gasteiger partial charge is 0.388 e. The van der Waals surface area contributed by atoms with Crippen molar-refractivity contribution in [2.45, 2.75) is 0 Å². The number of nitrogens with zero attached hydrogens (tertiary/aromatic N) is 3. The van der Waals surface area contributed by atoms with E-state index in [-0.39, 0.29) is 0 Å². The van der Waals surface area contributed by atoms with Gasteiger partial charge in [0.25, 0.3) is 0 Å². The zero-order valence-electron chi connectivity index (χ0n) is 34.8. The smallest absolute Gasteiger partial charge is 0.160 e. The molecule has 2 heterocycles. The summed E-state index contributed by atoms with van der Waals surface area (Å²) in [6.07, 6.45) is 0. The molecule has 0 fully saturated rings. The molecule has 0 saturated heterocycles. The lowest BCUT2D eigenvalue weighted by molar-refractivity contribution is 1.18. The van der Waals surface area contributed by atoms with Gasteiger partial charge in [0, 0.05) is 51.4 Å². The highest BCUT2D eigenvalue weighted by molar-refractivity contribution is 6.10. The molecule has 0 aliphatic heterocycles. The first kappa shape index (κ1) is 37.6. The fourth-order valence-corrected chi connectivity index (χ4v) is 8.88. The number of aromatic nitrogens is 3. The molecule has 4 heteroatoms. The van der Waals surface area contributed by atoms with Crippen LogP contribution in [-0.4, -0.2) is 21.6 Å². The van der Waals surface area contributed by atoms with Gasteiger partial charge in [0.15, 0.2) is 5.82 Å². The quantitative estimate of drug-likeness (QED) is 0.158. The SMILES string of the molecule is CNc1ccccc1-c1cccc(-c2ccc3c(c2)c2ccccc2n3-c2cccc(-c3cccc(-c4cccc(-c5nc(-c6ccccc6)cc(-c6ccccc6)n5)c4)c3)c2)c1. The molecular formula is C59H42N4. The van der Waals surface area contributed by atoms with Gasteiger partial charge in [-0.3, -0.25) is 0 Å². The van der Waals surface area contributed by atoms with E-state index in [9.17, 15) is 0 Å². The average Bonchev–Trinajstić information content (AvgIpc) is 3.70. The summed E-state index contributed by atoms with van der Waals surface area (Å²) in [5, 5.41) is 5.81. The van der Waals surface area contributed by atoms with Gasteiger partial charge < -0.3 is 9.88 Å². The molecule has 2 aromatic heterocycles. The Kier molecular flexibility index (Phi) is 9.72. The van der Waals surface area contributed by atoms with Crippen molar-refractivity contribution in [1.82, 2.24) is 14.5 Å². The van der Waals surface area contributed by atoms with E-state index in [1.807, 2.05) is 43.4 Å². The van der Waals surface area contributed by atoms with E-state index in [2.05, 4.69) is 204 Å². The van der Waals surface area contributed by atoms with Crippen molar-refractivity contribution < 1.29 is 0 Å². The van der Waals surface area contributed by atoms with Gasteiger partial charge in [-0.1, -0.05) is 170 Å². The van der Waals surface area contributed by atoms with Gasteiger partial charge in [-0.05, 0) is 99.6 Å². The molecule has 11 rings (SSSR count). The fourth-order valence-electron chi connectivity index (χ4n) is 8.88. The van der Waals surface area contributed by atoms with Crippen LogP contribution in [0.5, 0.6) is 0 Å². The number of anilines is 1. The Labute approximate surface area is 367 Å². The van der Waals surface area contributed by atoms with Crippen molar-refractivity contribution in [3.8, 4) is 84.1 Å². The molecule has 4 nitrogen and oxygen atoms in total. The highest BCUT2D eigenvalue weighted by Gasteiger charge is 2.16. The molecule has 0 aliphatic rings. The van der Waals surface area contributed by atoms with Gasteiger partial charge in [0.1, 0.15) is 0 Å². The highest BCUT2D eigenvalue weighted by atomic mass is 15.0. The molecule has 0 unspecified atom stereocenters. The molecule has 63 heavy (non-hydrogen) atoms. The van der Waals surface area contributed by atoms with Crippen LogP contribution in [0.3, 0.4) is 0 Å². The Balaban J connectivity index is 0.947. The molecule has 9 aromatic carbocycles. The van der Waals surface area contributed by atoms with Gasteiger partial charge in [-0.25, -0.2) is 9.97 Å². The van der Waals surface area contributed by atoms with Crippen molar-refractivity contribution >= 4 is 27.5 Å². The lowest BCUT2D eigenvalue weighted by Gasteiger charge is -2.13. The normalized spacial score (nSPS) is 11.3. The number of nitrogens with one attached hydrogen (secondary N) is 1. The Morgan fingerprint density at radius 1 is 0.333 bits per heavy atom. The number of fused-ring (bicyclic) bond motifs is 3. The van der Waals surface area contributed by atoms with E-state index in [1.54, 1.807) is 0 Å². The fraction of sp³-hybridized carbons (Fsp3) is 0.0169. The molecule has 11 aromatic rings. The first-order valence-corrected chi connectivity index (χ1v) is 21.4. The zero-order chi connectivity index (χ0) is 42.1. The summed E-state index contributed by atoms with van der Waals surface area (Å²) in [6, 6.07) is 82.0. The van der Waals surface area contributed by atoms with Crippen molar-refractivity contribution in [3.05, 3.63) is 231 Å². The predicted octanol–water partition coefficient (Wildman–Crippen LogP) is 15.3. The molecule has 0 amide bonds. The number of hydrogen-bond acceptors (Lipinski definition) is 3. The van der Waals surface area contributed by atoms with Crippen LogP contribution in [0.25, 0.3) is 106 Å². The number of para-hydroxylation sites is 2. The van der Waals surface area contributed by atoms with Gasteiger partial charge in [-0.2, -0.15) is 0 Å². The van der Waals surface area contributed by atoms with E-state index >= 15 is 0 Å². The summed E-state index contributed by atoms with van der Waals surface area (Å²) in [7, 11) is 1.98. The number of benzene rings is 9. The minimum absolute atomic E-state index is 0.697. The monoisotopic (exact) mass is 806 g/mol. The van der Waals surface area contributed by atoms with Crippen LogP contribution in [0.2, 0.25) is 0 Å². The van der Waals surface area contributed by atoms with Gasteiger partial charge in [0.2, 0.25) is 0 Å². The molecule has 0 saturated carbocycles. The maximum Gasteiger partial charge on any atom is 0.160 e. The molecule has 0 radical (unpaired) electrons. The Morgan fingerprint density at radius 2 is 0.810 bits per heavy atom.